The van der Waals surface area contributed by atoms with Crippen LogP contribution in [0.5, 0.6) is 0 Å². The quantitative estimate of drug-likeness (QED) is 0.698. The number of nitrogens with one attached hydrogen (secondary N) is 1. The first-order chi connectivity index (χ1) is 7.31. The molecule has 5 heteroatoms. The second kappa shape index (κ2) is 3.60. The molecule has 2 fully saturated rings. The Morgan fingerprint density at radius 1 is 1.50 bits per heavy atom. The van der Waals surface area contributed by atoms with Crippen LogP contribution in [0.3, 0.4) is 0 Å². The summed E-state index contributed by atoms with van der Waals surface area (Å²) in [5.74, 6) is 0. The number of alkyl carbamates (subject to hydrolysis) is 1. The molecule has 1 atom stereocenters. The second-order valence-electron chi connectivity index (χ2n) is 5.64. The Morgan fingerprint density at radius 2 is 2.12 bits per heavy atom. The molecule has 5 nitrogen and oxygen atoms in total. The van der Waals surface area contributed by atoms with Gasteiger partial charge in [-0.25, -0.2) is 4.79 Å². The van der Waals surface area contributed by atoms with E-state index in [0.717, 1.165) is 0 Å². The summed E-state index contributed by atoms with van der Waals surface area (Å²) in [6, 6.07) is 0.0600. The summed E-state index contributed by atoms with van der Waals surface area (Å²) in [4.78, 5) is 11.4. The maximum absolute atomic E-state index is 11.4. The molecule has 0 bridgehead atoms. The minimum absolute atomic E-state index is 0.0600. The van der Waals surface area contributed by atoms with Gasteiger partial charge in [0.25, 0.3) is 0 Å². The molecule has 0 radical (unpaired) electrons. The topological polar surface area (TPSA) is 67.8 Å². The van der Waals surface area contributed by atoms with Gasteiger partial charge in [0.15, 0.2) is 0 Å². The highest BCUT2D eigenvalue weighted by molar-refractivity contribution is 5.68. The Hall–Kier alpha value is -0.810. The van der Waals surface area contributed by atoms with Crippen molar-refractivity contribution in [1.29, 1.82) is 0 Å². The predicted octanol–water partition coefficient (Wildman–Crippen LogP) is 0.803. The van der Waals surface area contributed by atoms with Crippen LogP contribution in [-0.4, -0.2) is 41.2 Å². The van der Waals surface area contributed by atoms with Gasteiger partial charge in [0.2, 0.25) is 0 Å². The average Bonchev–Trinajstić information content (AvgIpc) is 2.04. The van der Waals surface area contributed by atoms with E-state index in [1.165, 1.54) is 0 Å². The highest BCUT2D eigenvalue weighted by atomic mass is 16.6. The van der Waals surface area contributed by atoms with Crippen molar-refractivity contribution in [2.75, 3.05) is 6.61 Å². The summed E-state index contributed by atoms with van der Waals surface area (Å²) in [7, 11) is 0. The zero-order chi connectivity index (χ0) is 12.0. The molecule has 1 amide bonds. The normalized spacial score (nSPS) is 37.5. The average molecular weight is 229 g/mol. The monoisotopic (exact) mass is 229 g/mol. The molecule has 2 N–H and O–H groups in total. The van der Waals surface area contributed by atoms with E-state index in [1.54, 1.807) is 0 Å². The van der Waals surface area contributed by atoms with Crippen LogP contribution < -0.4 is 5.32 Å². The van der Waals surface area contributed by atoms with E-state index in [-0.39, 0.29) is 17.7 Å². The number of ether oxygens (including phenoxy) is 2. The van der Waals surface area contributed by atoms with E-state index < -0.39 is 11.7 Å². The number of hydrogen-bond acceptors (Lipinski definition) is 4. The lowest BCUT2D eigenvalue weighted by Crippen LogP contribution is -2.69. The van der Waals surface area contributed by atoms with Crippen LogP contribution in [0.15, 0.2) is 0 Å². The minimum Gasteiger partial charge on any atom is -0.444 e. The lowest BCUT2D eigenvalue weighted by molar-refractivity contribution is -0.278. The smallest absolute Gasteiger partial charge is 0.407 e. The largest absolute Gasteiger partial charge is 0.444 e. The fourth-order valence-electron chi connectivity index (χ4n) is 2.13. The molecule has 1 spiro atoms. The summed E-state index contributed by atoms with van der Waals surface area (Å²) in [6.07, 6.45) is 0.575. The van der Waals surface area contributed by atoms with Crippen molar-refractivity contribution in [1.82, 2.24) is 5.32 Å². The molecular formula is C11H19NO4. The lowest BCUT2D eigenvalue weighted by Gasteiger charge is -2.56. The van der Waals surface area contributed by atoms with Gasteiger partial charge in [-0.1, -0.05) is 0 Å². The van der Waals surface area contributed by atoms with Crippen LogP contribution in [0.4, 0.5) is 4.79 Å². The van der Waals surface area contributed by atoms with Gasteiger partial charge >= 0.3 is 6.09 Å². The van der Waals surface area contributed by atoms with Crippen LogP contribution in [0.25, 0.3) is 0 Å². The molecule has 1 aliphatic heterocycles. The first kappa shape index (κ1) is 11.7. The number of hydrogen-bond donors (Lipinski definition) is 2. The Balaban J connectivity index is 1.71. The standard InChI is InChI=1S/C11H19NO4/c1-10(2,3)16-9(14)12-7-4-11(5-7)8(13)6-15-11/h7-8,13H,4-6H2,1-3H3,(H,12,14). The number of rotatable bonds is 1. The highest BCUT2D eigenvalue weighted by Gasteiger charge is 2.57. The van der Waals surface area contributed by atoms with Crippen molar-refractivity contribution < 1.29 is 19.4 Å². The third-order valence-electron chi connectivity index (χ3n) is 3.04. The molecule has 0 aromatic carbocycles. The fourth-order valence-corrected chi connectivity index (χ4v) is 2.13. The molecule has 16 heavy (non-hydrogen) atoms. The van der Waals surface area contributed by atoms with Crippen molar-refractivity contribution >= 4 is 6.09 Å². The maximum Gasteiger partial charge on any atom is 0.407 e. The molecule has 1 saturated heterocycles. The summed E-state index contributed by atoms with van der Waals surface area (Å²) in [6.45, 7) is 5.90. The summed E-state index contributed by atoms with van der Waals surface area (Å²) < 4.78 is 10.5. The SMILES string of the molecule is CC(C)(C)OC(=O)NC1CC2(C1)OCC2O. The first-order valence-corrected chi connectivity index (χ1v) is 5.62. The molecule has 1 unspecified atom stereocenters. The number of aliphatic hydroxyl groups excluding tert-OH is 1. The Labute approximate surface area is 95.1 Å². The summed E-state index contributed by atoms with van der Waals surface area (Å²) in [5, 5.41) is 12.3. The first-order valence-electron chi connectivity index (χ1n) is 5.62. The number of aliphatic hydroxyl groups is 1. The van der Waals surface area contributed by atoms with Crippen LogP contribution in [0.1, 0.15) is 33.6 Å². The molecule has 1 saturated carbocycles. The van der Waals surface area contributed by atoms with E-state index in [0.29, 0.717) is 19.4 Å². The van der Waals surface area contributed by atoms with Crippen molar-refractivity contribution in [2.45, 2.75) is 57.0 Å². The fraction of sp³-hybridized carbons (Fsp3) is 0.909. The van der Waals surface area contributed by atoms with Gasteiger partial charge in [-0.3, -0.25) is 0 Å². The molecule has 0 aromatic rings. The van der Waals surface area contributed by atoms with Gasteiger partial charge in [-0.15, -0.1) is 0 Å². The van der Waals surface area contributed by atoms with Crippen LogP contribution in [0.2, 0.25) is 0 Å². The molecule has 0 aromatic heterocycles. The van der Waals surface area contributed by atoms with E-state index >= 15 is 0 Å². The molecule has 92 valence electrons. The van der Waals surface area contributed by atoms with Crippen molar-refractivity contribution in [3.05, 3.63) is 0 Å². The van der Waals surface area contributed by atoms with E-state index in [2.05, 4.69) is 5.32 Å². The van der Waals surface area contributed by atoms with Gasteiger partial charge in [0.05, 0.1) is 6.61 Å². The predicted molar refractivity (Wildman–Crippen MR) is 57.1 cm³/mol. The van der Waals surface area contributed by atoms with Crippen molar-refractivity contribution in [3.8, 4) is 0 Å². The van der Waals surface area contributed by atoms with Gasteiger partial charge < -0.3 is 19.9 Å². The molecular weight excluding hydrogens is 210 g/mol. The van der Waals surface area contributed by atoms with Gasteiger partial charge in [0.1, 0.15) is 17.3 Å². The second-order valence-corrected chi connectivity index (χ2v) is 5.64. The van der Waals surface area contributed by atoms with E-state index in [9.17, 15) is 9.90 Å². The Kier molecular flexibility index (Phi) is 2.62. The van der Waals surface area contributed by atoms with E-state index in [4.69, 9.17) is 9.47 Å². The molecule has 2 aliphatic rings. The summed E-state index contributed by atoms with van der Waals surface area (Å²) >= 11 is 0. The number of carbonyl (C=O) groups is 1. The molecule has 1 heterocycles. The zero-order valence-corrected chi connectivity index (χ0v) is 9.95. The minimum atomic E-state index is -0.474. The number of amides is 1. The number of carbonyl (C=O) groups excluding carboxylic acids is 1. The Bertz CT molecular complexity index is 291. The lowest BCUT2D eigenvalue weighted by atomic mass is 9.69. The highest BCUT2D eigenvalue weighted by Crippen LogP contribution is 2.44. The van der Waals surface area contributed by atoms with Gasteiger partial charge in [0, 0.05) is 6.04 Å². The van der Waals surface area contributed by atoms with Crippen molar-refractivity contribution in [2.24, 2.45) is 0 Å². The molecule has 1 aliphatic carbocycles. The Morgan fingerprint density at radius 3 is 2.50 bits per heavy atom. The maximum atomic E-state index is 11.4. The summed E-state index contributed by atoms with van der Waals surface area (Å²) in [5.41, 5.74) is -0.850. The van der Waals surface area contributed by atoms with E-state index in [1.807, 2.05) is 20.8 Å². The zero-order valence-electron chi connectivity index (χ0n) is 9.95. The van der Waals surface area contributed by atoms with Gasteiger partial charge in [-0.05, 0) is 33.6 Å². The van der Waals surface area contributed by atoms with Crippen LogP contribution in [-0.2, 0) is 9.47 Å². The molecule has 2 rings (SSSR count). The van der Waals surface area contributed by atoms with Crippen LogP contribution in [0, 0.1) is 0 Å². The van der Waals surface area contributed by atoms with Gasteiger partial charge in [-0.2, -0.15) is 0 Å². The third-order valence-corrected chi connectivity index (χ3v) is 3.04. The van der Waals surface area contributed by atoms with Crippen molar-refractivity contribution in [3.63, 3.8) is 0 Å². The van der Waals surface area contributed by atoms with Crippen LogP contribution >= 0.6 is 0 Å². The third kappa shape index (κ3) is 2.15.